The van der Waals surface area contributed by atoms with Crippen LogP contribution < -0.4 is 20.5 Å². The number of halogens is 1. The van der Waals surface area contributed by atoms with Gasteiger partial charge in [-0.05, 0) is 29.8 Å². The lowest BCUT2D eigenvalue weighted by Crippen LogP contribution is -2.29. The highest BCUT2D eigenvalue weighted by Crippen LogP contribution is 2.25. The molecule has 0 fully saturated rings. The molecule has 3 N–H and O–H groups in total. The first-order valence-electron chi connectivity index (χ1n) is 7.17. The molecule has 0 saturated heterocycles. The fraction of sp³-hybridized carbons (Fsp3) is 0.235. The van der Waals surface area contributed by atoms with Crippen molar-refractivity contribution in [2.24, 2.45) is 5.73 Å². The van der Waals surface area contributed by atoms with Gasteiger partial charge < -0.3 is 20.5 Å². The van der Waals surface area contributed by atoms with E-state index in [4.69, 9.17) is 15.2 Å². The van der Waals surface area contributed by atoms with E-state index in [1.54, 1.807) is 30.3 Å². The molecule has 0 aliphatic rings. The molecule has 0 aliphatic carbocycles. The van der Waals surface area contributed by atoms with Crippen molar-refractivity contribution in [2.45, 2.75) is 6.61 Å². The van der Waals surface area contributed by atoms with Gasteiger partial charge in [-0.1, -0.05) is 12.1 Å². The van der Waals surface area contributed by atoms with Gasteiger partial charge in [-0.25, -0.2) is 4.39 Å². The van der Waals surface area contributed by atoms with Crippen LogP contribution in [0.5, 0.6) is 11.5 Å². The van der Waals surface area contributed by atoms with Crippen LogP contribution in [0.1, 0.15) is 15.9 Å². The Balaban J connectivity index is 2.07. The van der Waals surface area contributed by atoms with Gasteiger partial charge in [-0.15, -0.1) is 0 Å². The third kappa shape index (κ3) is 4.69. The van der Waals surface area contributed by atoms with Crippen LogP contribution in [0.2, 0.25) is 0 Å². The van der Waals surface area contributed by atoms with Gasteiger partial charge >= 0.3 is 0 Å². The van der Waals surface area contributed by atoms with E-state index in [0.29, 0.717) is 35.7 Å². The van der Waals surface area contributed by atoms with Crippen molar-refractivity contribution >= 4 is 5.91 Å². The summed E-state index contributed by atoms with van der Waals surface area (Å²) in [5, 5.41) is 2.68. The molecule has 2 aromatic carbocycles. The van der Waals surface area contributed by atoms with Crippen molar-refractivity contribution in [3.8, 4) is 11.5 Å². The zero-order valence-corrected chi connectivity index (χ0v) is 12.8. The van der Waals surface area contributed by atoms with E-state index >= 15 is 0 Å². The summed E-state index contributed by atoms with van der Waals surface area (Å²) in [6, 6.07) is 11.1. The second kappa shape index (κ2) is 8.14. The van der Waals surface area contributed by atoms with E-state index in [-0.39, 0.29) is 18.3 Å². The minimum absolute atomic E-state index is 0.222. The Labute approximate surface area is 134 Å². The summed E-state index contributed by atoms with van der Waals surface area (Å²) in [5.41, 5.74) is 6.48. The largest absolute Gasteiger partial charge is 0.496 e. The Morgan fingerprint density at radius 2 is 2.09 bits per heavy atom. The molecule has 0 saturated carbocycles. The number of hydrogen-bond acceptors (Lipinski definition) is 4. The van der Waals surface area contributed by atoms with Crippen LogP contribution in [-0.4, -0.2) is 26.1 Å². The average molecular weight is 318 g/mol. The molecule has 6 heteroatoms. The summed E-state index contributed by atoms with van der Waals surface area (Å²) >= 11 is 0. The maximum absolute atomic E-state index is 13.1. The van der Waals surface area contributed by atoms with Crippen LogP contribution in [0.4, 0.5) is 4.39 Å². The third-order valence-electron chi connectivity index (χ3n) is 3.14. The highest BCUT2D eigenvalue weighted by atomic mass is 19.1. The maximum Gasteiger partial charge on any atom is 0.255 e. The summed E-state index contributed by atoms with van der Waals surface area (Å²) in [5.74, 6) is 0.359. The fourth-order valence-electron chi connectivity index (χ4n) is 2.02. The fourth-order valence-corrected chi connectivity index (χ4v) is 2.02. The second-order valence-corrected chi connectivity index (χ2v) is 4.83. The molecule has 0 spiro atoms. The number of nitrogens with one attached hydrogen (secondary N) is 1. The van der Waals surface area contributed by atoms with Crippen molar-refractivity contribution < 1.29 is 18.7 Å². The number of methoxy groups -OCH3 is 1. The van der Waals surface area contributed by atoms with Crippen LogP contribution in [-0.2, 0) is 6.61 Å². The molecule has 5 nitrogen and oxygen atoms in total. The molecule has 0 aliphatic heterocycles. The number of rotatable bonds is 7. The Morgan fingerprint density at radius 3 is 2.78 bits per heavy atom. The predicted molar refractivity (Wildman–Crippen MR) is 85.1 cm³/mol. The van der Waals surface area contributed by atoms with Crippen molar-refractivity contribution in [1.82, 2.24) is 5.32 Å². The van der Waals surface area contributed by atoms with Gasteiger partial charge in [0.15, 0.2) is 0 Å². The number of amides is 1. The third-order valence-corrected chi connectivity index (χ3v) is 3.14. The lowest BCUT2D eigenvalue weighted by Gasteiger charge is -2.12. The molecule has 0 unspecified atom stereocenters. The quantitative estimate of drug-likeness (QED) is 0.820. The van der Waals surface area contributed by atoms with E-state index in [9.17, 15) is 9.18 Å². The molecule has 122 valence electrons. The lowest BCUT2D eigenvalue weighted by atomic mass is 10.1. The van der Waals surface area contributed by atoms with Gasteiger partial charge in [0.25, 0.3) is 5.91 Å². The van der Waals surface area contributed by atoms with Crippen LogP contribution in [0, 0.1) is 5.82 Å². The Hall–Kier alpha value is -2.60. The summed E-state index contributed by atoms with van der Waals surface area (Å²) in [6.07, 6.45) is 0. The highest BCUT2D eigenvalue weighted by Gasteiger charge is 2.12. The van der Waals surface area contributed by atoms with Gasteiger partial charge in [0.1, 0.15) is 23.9 Å². The maximum atomic E-state index is 13.1. The molecule has 1 amide bonds. The first-order valence-corrected chi connectivity index (χ1v) is 7.17. The van der Waals surface area contributed by atoms with E-state index < -0.39 is 0 Å². The number of hydrogen-bond donors (Lipinski definition) is 2. The monoisotopic (exact) mass is 318 g/mol. The Morgan fingerprint density at radius 1 is 1.26 bits per heavy atom. The van der Waals surface area contributed by atoms with Crippen LogP contribution in [0.3, 0.4) is 0 Å². The topological polar surface area (TPSA) is 73.6 Å². The summed E-state index contributed by atoms with van der Waals surface area (Å²) in [6.45, 7) is 0.975. The summed E-state index contributed by atoms with van der Waals surface area (Å²) < 4.78 is 24.0. The summed E-state index contributed by atoms with van der Waals surface area (Å²) in [7, 11) is 1.48. The zero-order chi connectivity index (χ0) is 16.7. The molecule has 0 atom stereocenters. The molecular formula is C17H19FN2O3. The van der Waals surface area contributed by atoms with Crippen LogP contribution in [0.15, 0.2) is 42.5 Å². The Kier molecular flexibility index (Phi) is 5.94. The molecule has 0 radical (unpaired) electrons. The van der Waals surface area contributed by atoms with Crippen molar-refractivity contribution in [3.63, 3.8) is 0 Å². The molecule has 0 aromatic heterocycles. The molecule has 2 aromatic rings. The molecule has 23 heavy (non-hydrogen) atoms. The van der Waals surface area contributed by atoms with Gasteiger partial charge in [0.05, 0.1) is 12.7 Å². The van der Waals surface area contributed by atoms with Crippen molar-refractivity contribution in [1.29, 1.82) is 0 Å². The SMILES string of the molecule is COc1cc(OCc2cccc(F)c2)ccc1C(=O)NCCN. The Bertz CT molecular complexity index is 677. The normalized spacial score (nSPS) is 10.2. The van der Waals surface area contributed by atoms with Crippen molar-refractivity contribution in [3.05, 3.63) is 59.4 Å². The average Bonchev–Trinajstić information content (AvgIpc) is 2.57. The van der Waals surface area contributed by atoms with Gasteiger partial charge in [0, 0.05) is 19.2 Å². The van der Waals surface area contributed by atoms with Gasteiger partial charge in [0.2, 0.25) is 0 Å². The molecule has 2 rings (SSSR count). The number of nitrogens with two attached hydrogens (primary N) is 1. The standard InChI is InChI=1S/C17H19FN2O3/c1-22-16-10-14(5-6-15(16)17(21)20-8-7-19)23-11-12-3-2-4-13(18)9-12/h2-6,9-10H,7-8,11,19H2,1H3,(H,20,21). The first kappa shape index (κ1) is 16.8. The van der Waals surface area contributed by atoms with Crippen LogP contribution in [0.25, 0.3) is 0 Å². The minimum atomic E-state index is -0.310. The number of benzene rings is 2. The van der Waals surface area contributed by atoms with Gasteiger partial charge in [-0.3, -0.25) is 4.79 Å². The molecular weight excluding hydrogens is 299 g/mol. The number of carbonyl (C=O) groups excluding carboxylic acids is 1. The van der Waals surface area contributed by atoms with Crippen LogP contribution >= 0.6 is 0 Å². The van der Waals surface area contributed by atoms with E-state index in [2.05, 4.69) is 5.32 Å². The second-order valence-electron chi connectivity index (χ2n) is 4.83. The smallest absolute Gasteiger partial charge is 0.255 e. The van der Waals surface area contributed by atoms with Gasteiger partial charge in [-0.2, -0.15) is 0 Å². The zero-order valence-electron chi connectivity index (χ0n) is 12.8. The van der Waals surface area contributed by atoms with E-state index in [1.165, 1.54) is 19.2 Å². The number of carbonyl (C=O) groups is 1. The summed E-state index contributed by atoms with van der Waals surface area (Å²) in [4.78, 5) is 12.0. The predicted octanol–water partition coefficient (Wildman–Crippen LogP) is 2.10. The number of ether oxygens (including phenoxy) is 2. The van der Waals surface area contributed by atoms with E-state index in [0.717, 1.165) is 0 Å². The molecule has 0 heterocycles. The first-order chi connectivity index (χ1) is 11.1. The molecule has 0 bridgehead atoms. The minimum Gasteiger partial charge on any atom is -0.496 e. The lowest BCUT2D eigenvalue weighted by molar-refractivity contribution is 0.0951. The highest BCUT2D eigenvalue weighted by molar-refractivity contribution is 5.97. The van der Waals surface area contributed by atoms with E-state index in [1.807, 2.05) is 0 Å². The van der Waals surface area contributed by atoms with Crippen molar-refractivity contribution in [2.75, 3.05) is 20.2 Å².